The summed E-state index contributed by atoms with van der Waals surface area (Å²) in [7, 11) is 1.28. The monoisotopic (exact) mass is 288 g/mol. The minimum atomic E-state index is -0.874. The number of carbonyl (C=O) groups is 1. The molecule has 0 aromatic heterocycles. The van der Waals surface area contributed by atoms with Crippen LogP contribution in [-0.4, -0.2) is 53.2 Å². The first kappa shape index (κ1) is 15.0. The molecule has 19 heavy (non-hydrogen) atoms. The van der Waals surface area contributed by atoms with Gasteiger partial charge in [0.05, 0.1) is 13.7 Å². The molecular weight excluding hydrogens is 276 g/mol. The summed E-state index contributed by atoms with van der Waals surface area (Å²) in [6.45, 7) is 0.239. The second-order valence-corrected chi connectivity index (χ2v) is 4.44. The van der Waals surface area contributed by atoms with Crippen molar-refractivity contribution in [3.05, 3.63) is 10.1 Å². The predicted octanol–water partition coefficient (Wildman–Crippen LogP) is 0.0123. The maximum absolute atomic E-state index is 11.6. The van der Waals surface area contributed by atoms with Gasteiger partial charge in [-0.1, -0.05) is 11.8 Å². The molecule has 0 aromatic rings. The van der Waals surface area contributed by atoms with Crippen molar-refractivity contribution in [2.45, 2.75) is 12.5 Å². The van der Waals surface area contributed by atoms with Crippen molar-refractivity contribution >= 4 is 22.9 Å². The van der Waals surface area contributed by atoms with E-state index < -0.39 is 17.1 Å². The first-order valence-electron chi connectivity index (χ1n) is 5.31. The highest BCUT2D eigenvalue weighted by Crippen LogP contribution is 2.25. The van der Waals surface area contributed by atoms with Crippen LogP contribution in [0.15, 0.2) is 4.99 Å². The average molecular weight is 288 g/mol. The summed E-state index contributed by atoms with van der Waals surface area (Å²) < 4.78 is 4.66. The average Bonchev–Trinajstić information content (AvgIpc) is 2.77. The van der Waals surface area contributed by atoms with E-state index in [-0.39, 0.29) is 6.61 Å². The van der Waals surface area contributed by atoms with E-state index in [4.69, 9.17) is 5.26 Å². The third kappa shape index (κ3) is 4.29. The first-order valence-corrected chi connectivity index (χ1v) is 6.30. The lowest BCUT2D eigenvalue weighted by Gasteiger charge is -2.23. The summed E-state index contributed by atoms with van der Waals surface area (Å²) in [5, 5.41) is 18.1. The molecule has 1 aliphatic heterocycles. The third-order valence-electron chi connectivity index (χ3n) is 2.35. The molecule has 0 N–H and O–H groups in total. The molecule has 0 spiro atoms. The van der Waals surface area contributed by atoms with Crippen LogP contribution in [0.4, 0.5) is 0 Å². The lowest BCUT2D eigenvalue weighted by molar-refractivity contribution is -0.757. The summed E-state index contributed by atoms with van der Waals surface area (Å²) in [5.41, 5.74) is 0. The van der Waals surface area contributed by atoms with Gasteiger partial charge in [0.1, 0.15) is 6.04 Å². The first-order chi connectivity index (χ1) is 9.10. The molecule has 10 heteroatoms. The largest absolute Gasteiger partial charge is 0.467 e. The van der Waals surface area contributed by atoms with Gasteiger partial charge in [-0.2, -0.15) is 5.26 Å². The maximum atomic E-state index is 11.6. The molecule has 1 saturated heterocycles. The molecule has 1 unspecified atom stereocenters. The Morgan fingerprint density at radius 3 is 3.11 bits per heavy atom. The minimum absolute atomic E-state index is 0.0815. The van der Waals surface area contributed by atoms with Crippen LogP contribution in [0.2, 0.25) is 0 Å². The van der Waals surface area contributed by atoms with E-state index in [0.29, 0.717) is 23.9 Å². The fraction of sp³-hybridized carbons (Fsp3) is 0.667. The molecule has 1 aliphatic rings. The standard InChI is InChI=1S/C9H12N4O5S/c1-17-8(14)7-5-19-9(11-6-10)12(7)3-2-4-18-13(15)16/h7H,2-5H2,1H3. The number of amidine groups is 1. The Hall–Kier alpha value is -2.02. The van der Waals surface area contributed by atoms with E-state index in [2.05, 4.69) is 14.6 Å². The Labute approximate surface area is 113 Å². The second-order valence-electron chi connectivity index (χ2n) is 3.45. The highest BCUT2D eigenvalue weighted by Gasteiger charge is 2.35. The van der Waals surface area contributed by atoms with Crippen LogP contribution in [-0.2, 0) is 14.4 Å². The van der Waals surface area contributed by atoms with Gasteiger partial charge in [-0.25, -0.2) is 4.79 Å². The quantitative estimate of drug-likeness (QED) is 0.220. The van der Waals surface area contributed by atoms with Crippen molar-refractivity contribution in [3.8, 4) is 6.19 Å². The van der Waals surface area contributed by atoms with E-state index in [9.17, 15) is 14.9 Å². The van der Waals surface area contributed by atoms with Crippen molar-refractivity contribution in [2.24, 2.45) is 4.99 Å². The van der Waals surface area contributed by atoms with Crippen LogP contribution < -0.4 is 0 Å². The molecule has 0 amide bonds. The number of hydrogen-bond acceptors (Lipinski definition) is 8. The van der Waals surface area contributed by atoms with Crippen molar-refractivity contribution in [3.63, 3.8) is 0 Å². The SMILES string of the molecule is COC(=O)C1CSC(=NC#N)N1CCCO[N+](=O)[O-]. The summed E-state index contributed by atoms with van der Waals surface area (Å²) in [4.78, 5) is 31.0. The van der Waals surface area contributed by atoms with E-state index in [1.807, 2.05) is 0 Å². The summed E-state index contributed by atoms with van der Waals surface area (Å²) in [5.74, 6) is 0.00866. The number of ether oxygens (including phenoxy) is 1. The summed E-state index contributed by atoms with van der Waals surface area (Å²) in [6, 6.07) is -0.530. The Bertz CT molecular complexity index is 421. The van der Waals surface area contributed by atoms with Gasteiger partial charge < -0.3 is 14.5 Å². The van der Waals surface area contributed by atoms with Crippen molar-refractivity contribution < 1.29 is 19.5 Å². The second kappa shape index (κ2) is 7.42. The van der Waals surface area contributed by atoms with Crippen LogP contribution in [0.25, 0.3) is 0 Å². The molecule has 1 heterocycles. The van der Waals surface area contributed by atoms with Crippen molar-refractivity contribution in [1.29, 1.82) is 5.26 Å². The number of nitriles is 1. The summed E-state index contributed by atoms with van der Waals surface area (Å²) in [6.07, 6.45) is 1.99. The fourth-order valence-electron chi connectivity index (χ4n) is 1.56. The molecule has 1 fully saturated rings. The van der Waals surface area contributed by atoms with Crippen molar-refractivity contribution in [1.82, 2.24) is 4.90 Å². The number of rotatable bonds is 6. The van der Waals surface area contributed by atoms with Gasteiger partial charge in [0, 0.05) is 12.3 Å². The lowest BCUT2D eigenvalue weighted by Crippen LogP contribution is -2.41. The molecule has 9 nitrogen and oxygen atoms in total. The highest BCUT2D eigenvalue weighted by molar-refractivity contribution is 8.14. The highest BCUT2D eigenvalue weighted by atomic mass is 32.2. The number of hydrogen-bond donors (Lipinski definition) is 0. The van der Waals surface area contributed by atoms with E-state index in [1.54, 1.807) is 11.1 Å². The Balaban J connectivity index is 2.60. The van der Waals surface area contributed by atoms with Gasteiger partial charge in [0.2, 0.25) is 6.19 Å². The van der Waals surface area contributed by atoms with Crippen molar-refractivity contribution in [2.75, 3.05) is 26.0 Å². The third-order valence-corrected chi connectivity index (χ3v) is 3.42. The van der Waals surface area contributed by atoms with Crippen LogP contribution in [0, 0.1) is 21.6 Å². The number of thioether (sulfide) groups is 1. The smallest absolute Gasteiger partial charge is 0.329 e. The van der Waals surface area contributed by atoms with Gasteiger partial charge in [-0.05, 0) is 6.42 Å². The normalized spacial score (nSPS) is 20.1. The zero-order valence-corrected chi connectivity index (χ0v) is 11.0. The van der Waals surface area contributed by atoms with E-state index in [0.717, 1.165) is 0 Å². The number of aliphatic imine (C=N–C) groups is 1. The van der Waals surface area contributed by atoms with Gasteiger partial charge in [-0.15, -0.1) is 15.1 Å². The zero-order valence-electron chi connectivity index (χ0n) is 10.1. The van der Waals surface area contributed by atoms with Gasteiger partial charge in [0.25, 0.3) is 5.09 Å². The van der Waals surface area contributed by atoms with Gasteiger partial charge in [-0.3, -0.25) is 0 Å². The molecule has 0 saturated carbocycles. The molecular formula is C9H12N4O5S. The molecule has 104 valence electrons. The van der Waals surface area contributed by atoms with Crippen LogP contribution >= 0.6 is 11.8 Å². The summed E-state index contributed by atoms with van der Waals surface area (Å²) >= 11 is 1.27. The zero-order chi connectivity index (χ0) is 14.3. The predicted molar refractivity (Wildman–Crippen MR) is 65.6 cm³/mol. The molecule has 0 bridgehead atoms. The van der Waals surface area contributed by atoms with Crippen LogP contribution in [0.1, 0.15) is 6.42 Å². The molecule has 1 rings (SSSR count). The Morgan fingerprint density at radius 1 is 1.79 bits per heavy atom. The van der Waals surface area contributed by atoms with E-state index >= 15 is 0 Å². The maximum Gasteiger partial charge on any atom is 0.329 e. The number of methoxy groups -OCH3 is 1. The molecule has 0 aromatic carbocycles. The van der Waals surface area contributed by atoms with E-state index in [1.165, 1.54) is 18.9 Å². The number of esters is 1. The van der Waals surface area contributed by atoms with Gasteiger partial charge in [0.15, 0.2) is 5.17 Å². The molecule has 0 radical (unpaired) electrons. The molecule has 0 aliphatic carbocycles. The number of carbonyl (C=O) groups excluding carboxylic acids is 1. The lowest BCUT2D eigenvalue weighted by atomic mass is 10.3. The Morgan fingerprint density at radius 2 is 2.53 bits per heavy atom. The molecule has 1 atom stereocenters. The minimum Gasteiger partial charge on any atom is -0.467 e. The fourth-order valence-corrected chi connectivity index (χ4v) is 2.67. The topological polar surface area (TPSA) is 118 Å². The Kier molecular flexibility index (Phi) is 5.87. The van der Waals surface area contributed by atoms with Crippen LogP contribution in [0.5, 0.6) is 0 Å². The van der Waals surface area contributed by atoms with Gasteiger partial charge >= 0.3 is 5.97 Å². The van der Waals surface area contributed by atoms with Crippen LogP contribution in [0.3, 0.4) is 0 Å². The number of nitrogens with zero attached hydrogens (tertiary/aromatic N) is 4.